The van der Waals surface area contributed by atoms with Crippen LogP contribution in [0.4, 0.5) is 5.69 Å². The Balaban J connectivity index is 1.53. The van der Waals surface area contributed by atoms with Gasteiger partial charge in [-0.2, -0.15) is 0 Å². The van der Waals surface area contributed by atoms with Crippen molar-refractivity contribution in [2.45, 2.75) is 23.8 Å². The van der Waals surface area contributed by atoms with Gasteiger partial charge in [0.05, 0.1) is 5.69 Å². The number of carbonyl (C=O) groups is 2. The van der Waals surface area contributed by atoms with Crippen LogP contribution in [-0.4, -0.2) is 37.2 Å². The lowest BCUT2D eigenvalue weighted by atomic mass is 10.2. The number of H-pyrrole nitrogens is 1. The van der Waals surface area contributed by atoms with Crippen LogP contribution in [0.15, 0.2) is 53.9 Å². The largest absolute Gasteiger partial charge is 0.274 e. The number of thioether (sulfide) groups is 1. The van der Waals surface area contributed by atoms with Gasteiger partial charge >= 0.3 is 0 Å². The molecule has 0 saturated carbocycles. The zero-order valence-electron chi connectivity index (χ0n) is 13.9. The first-order chi connectivity index (χ1) is 12.6. The molecule has 1 N–H and O–H groups in total. The molecule has 4 rings (SSSR count). The molecule has 0 aliphatic carbocycles. The molecule has 130 valence electrons. The number of pyridine rings is 1. The van der Waals surface area contributed by atoms with Crippen molar-refractivity contribution in [1.82, 2.24) is 20.2 Å². The van der Waals surface area contributed by atoms with E-state index in [2.05, 4.69) is 20.2 Å². The van der Waals surface area contributed by atoms with E-state index in [0.29, 0.717) is 16.7 Å². The Morgan fingerprint density at radius 3 is 2.69 bits per heavy atom. The number of aromatic nitrogens is 4. The highest BCUT2D eigenvalue weighted by Crippen LogP contribution is 2.34. The van der Waals surface area contributed by atoms with Gasteiger partial charge in [0, 0.05) is 24.4 Å². The van der Waals surface area contributed by atoms with Gasteiger partial charge in [0.2, 0.25) is 17.0 Å². The van der Waals surface area contributed by atoms with E-state index < -0.39 is 5.25 Å². The van der Waals surface area contributed by atoms with Crippen LogP contribution in [0.1, 0.15) is 12.0 Å². The molecule has 3 aromatic rings. The van der Waals surface area contributed by atoms with Crippen molar-refractivity contribution in [1.29, 1.82) is 0 Å². The fourth-order valence-electron chi connectivity index (χ4n) is 2.83. The second-order valence-electron chi connectivity index (χ2n) is 5.87. The minimum Gasteiger partial charge on any atom is -0.274 e. The minimum absolute atomic E-state index is 0.136. The molecule has 1 aromatic carbocycles. The summed E-state index contributed by atoms with van der Waals surface area (Å²) in [6.45, 7) is 1.88. The topological polar surface area (TPSA) is 91.8 Å². The van der Waals surface area contributed by atoms with E-state index in [1.54, 1.807) is 18.5 Å². The van der Waals surface area contributed by atoms with E-state index in [1.807, 2.05) is 37.3 Å². The number of anilines is 1. The highest BCUT2D eigenvalue weighted by Gasteiger charge is 2.41. The number of hydrogen-bond donors (Lipinski definition) is 1. The van der Waals surface area contributed by atoms with Crippen LogP contribution >= 0.6 is 11.8 Å². The molecule has 8 heteroatoms. The number of aryl methyl sites for hydroxylation is 1. The molecule has 0 radical (unpaired) electrons. The minimum atomic E-state index is -0.525. The summed E-state index contributed by atoms with van der Waals surface area (Å²) in [5, 5.41) is 6.92. The molecular formula is C18H15N5O2S. The number of imide groups is 1. The summed E-state index contributed by atoms with van der Waals surface area (Å²) in [7, 11) is 0. The third-order valence-corrected chi connectivity index (χ3v) is 5.17. The Bertz CT molecular complexity index is 972. The maximum absolute atomic E-state index is 12.8. The number of para-hydroxylation sites is 1. The highest BCUT2D eigenvalue weighted by atomic mass is 32.2. The fourth-order valence-corrected chi connectivity index (χ4v) is 3.76. The van der Waals surface area contributed by atoms with E-state index in [1.165, 1.54) is 16.7 Å². The number of rotatable bonds is 4. The van der Waals surface area contributed by atoms with Gasteiger partial charge < -0.3 is 0 Å². The normalized spacial score (nSPS) is 17.1. The van der Waals surface area contributed by atoms with Gasteiger partial charge in [-0.1, -0.05) is 30.0 Å². The third kappa shape index (κ3) is 2.99. The molecule has 2 aromatic heterocycles. The number of amides is 2. The lowest BCUT2D eigenvalue weighted by molar-refractivity contribution is -0.121. The van der Waals surface area contributed by atoms with Crippen molar-refractivity contribution in [3.05, 3.63) is 54.4 Å². The predicted molar refractivity (Wildman–Crippen MR) is 97.5 cm³/mol. The second kappa shape index (κ2) is 6.72. The summed E-state index contributed by atoms with van der Waals surface area (Å²) >= 11 is 1.20. The molecule has 1 atom stereocenters. The van der Waals surface area contributed by atoms with Crippen LogP contribution in [0.3, 0.4) is 0 Å². The van der Waals surface area contributed by atoms with Crippen molar-refractivity contribution in [2.75, 3.05) is 4.90 Å². The average molecular weight is 365 g/mol. The van der Waals surface area contributed by atoms with E-state index in [0.717, 1.165) is 11.1 Å². The first kappa shape index (κ1) is 16.5. The van der Waals surface area contributed by atoms with Crippen LogP contribution in [0.2, 0.25) is 0 Å². The lowest BCUT2D eigenvalue weighted by Gasteiger charge is -2.16. The summed E-state index contributed by atoms with van der Waals surface area (Å²) in [6, 6.07) is 11.0. The van der Waals surface area contributed by atoms with Gasteiger partial charge in [-0.3, -0.25) is 19.7 Å². The Labute approximate surface area is 153 Å². The molecule has 1 saturated heterocycles. The maximum Gasteiger partial charge on any atom is 0.247 e. The molecule has 26 heavy (non-hydrogen) atoms. The maximum atomic E-state index is 12.8. The van der Waals surface area contributed by atoms with Crippen molar-refractivity contribution in [3.63, 3.8) is 0 Å². The Kier molecular flexibility index (Phi) is 4.26. The zero-order chi connectivity index (χ0) is 18.1. The first-order valence-corrected chi connectivity index (χ1v) is 8.93. The highest BCUT2D eigenvalue weighted by molar-refractivity contribution is 8.00. The van der Waals surface area contributed by atoms with Crippen LogP contribution in [-0.2, 0) is 9.59 Å². The first-order valence-electron chi connectivity index (χ1n) is 8.05. The molecule has 1 fully saturated rings. The third-order valence-electron chi connectivity index (χ3n) is 4.13. The van der Waals surface area contributed by atoms with Gasteiger partial charge in [-0.15, -0.1) is 5.10 Å². The monoisotopic (exact) mass is 365 g/mol. The molecule has 3 heterocycles. The number of aromatic amines is 1. The van der Waals surface area contributed by atoms with Crippen LogP contribution < -0.4 is 4.90 Å². The molecule has 7 nitrogen and oxygen atoms in total. The van der Waals surface area contributed by atoms with Gasteiger partial charge in [0.1, 0.15) is 5.25 Å². The molecule has 0 unspecified atom stereocenters. The molecule has 1 aliphatic rings. The van der Waals surface area contributed by atoms with Gasteiger partial charge in [-0.05, 0) is 30.7 Å². The molecular weight excluding hydrogens is 350 g/mol. The number of nitrogens with one attached hydrogen (secondary N) is 1. The molecule has 2 amide bonds. The van der Waals surface area contributed by atoms with Crippen LogP contribution in [0, 0.1) is 6.92 Å². The van der Waals surface area contributed by atoms with Crippen molar-refractivity contribution >= 4 is 29.3 Å². The summed E-state index contributed by atoms with van der Waals surface area (Å²) in [5.74, 6) is 0.165. The standard InChI is InChI=1S/C18H15N5O2S/c1-11-4-2-3-5-13(11)23-15(24)10-14(17(23)25)26-18-20-16(21-22-18)12-6-8-19-9-7-12/h2-9,14H,10H2,1H3,(H,20,21,22)/t14-/m1/s1. The second-order valence-corrected chi connectivity index (χ2v) is 7.04. The summed E-state index contributed by atoms with van der Waals surface area (Å²) < 4.78 is 0. The van der Waals surface area contributed by atoms with Gasteiger partial charge in [-0.25, -0.2) is 9.88 Å². The molecule has 0 bridgehead atoms. The lowest BCUT2D eigenvalue weighted by Crippen LogP contribution is -2.31. The Morgan fingerprint density at radius 2 is 1.92 bits per heavy atom. The fraction of sp³-hybridized carbons (Fsp3) is 0.167. The molecule has 1 aliphatic heterocycles. The number of nitrogens with zero attached hydrogens (tertiary/aromatic N) is 4. The zero-order valence-corrected chi connectivity index (χ0v) is 14.7. The number of benzene rings is 1. The SMILES string of the molecule is Cc1ccccc1N1C(=O)C[C@@H](Sc2n[nH]c(-c3ccncc3)n2)C1=O. The average Bonchev–Trinajstić information content (AvgIpc) is 3.22. The summed E-state index contributed by atoms with van der Waals surface area (Å²) in [4.78, 5) is 34.8. The summed E-state index contributed by atoms with van der Waals surface area (Å²) in [6.07, 6.45) is 3.48. The van der Waals surface area contributed by atoms with E-state index in [-0.39, 0.29) is 18.2 Å². The quantitative estimate of drug-likeness (QED) is 0.715. The molecule has 0 spiro atoms. The Hall–Kier alpha value is -3.00. The Morgan fingerprint density at radius 1 is 1.15 bits per heavy atom. The predicted octanol–water partition coefficient (Wildman–Crippen LogP) is 2.60. The van der Waals surface area contributed by atoms with Crippen molar-refractivity contribution in [3.8, 4) is 11.4 Å². The number of hydrogen-bond acceptors (Lipinski definition) is 6. The van der Waals surface area contributed by atoms with Crippen LogP contribution in [0.25, 0.3) is 11.4 Å². The van der Waals surface area contributed by atoms with Crippen molar-refractivity contribution in [2.24, 2.45) is 0 Å². The van der Waals surface area contributed by atoms with Gasteiger partial charge in [0.15, 0.2) is 5.82 Å². The van der Waals surface area contributed by atoms with E-state index >= 15 is 0 Å². The number of carbonyl (C=O) groups excluding carboxylic acids is 2. The van der Waals surface area contributed by atoms with Crippen molar-refractivity contribution < 1.29 is 9.59 Å². The summed E-state index contributed by atoms with van der Waals surface area (Å²) in [5.41, 5.74) is 2.38. The van der Waals surface area contributed by atoms with E-state index in [4.69, 9.17) is 0 Å². The van der Waals surface area contributed by atoms with Crippen LogP contribution in [0.5, 0.6) is 0 Å². The smallest absolute Gasteiger partial charge is 0.247 e. The van der Waals surface area contributed by atoms with E-state index in [9.17, 15) is 9.59 Å². The van der Waals surface area contributed by atoms with Gasteiger partial charge in [0.25, 0.3) is 0 Å².